The highest BCUT2D eigenvalue weighted by Crippen LogP contribution is 2.33. The molecule has 194 valence electrons. The summed E-state index contributed by atoms with van der Waals surface area (Å²) >= 11 is 0. The fourth-order valence-corrected chi connectivity index (χ4v) is 4.29. The highest BCUT2D eigenvalue weighted by Gasteiger charge is 2.35. The number of alkyl halides is 3. The van der Waals surface area contributed by atoms with Crippen LogP contribution in [0.4, 0.5) is 23.2 Å². The summed E-state index contributed by atoms with van der Waals surface area (Å²) in [6, 6.07) is 21.1. The van der Waals surface area contributed by atoms with Crippen LogP contribution in [-0.4, -0.2) is 30.3 Å². The number of rotatable bonds is 5. The maximum Gasteiger partial charge on any atom is 0.433 e. The fourth-order valence-electron chi connectivity index (χ4n) is 4.29. The minimum Gasteiger partial charge on any atom is -0.318 e. The largest absolute Gasteiger partial charge is 0.433 e. The van der Waals surface area contributed by atoms with Crippen molar-refractivity contribution in [1.82, 2.24) is 24.4 Å². The number of carbonyl (C=O) groups is 1. The van der Waals surface area contributed by atoms with Gasteiger partial charge in [-0.15, -0.1) is 0 Å². The van der Waals surface area contributed by atoms with E-state index in [9.17, 15) is 22.4 Å². The van der Waals surface area contributed by atoms with Crippen molar-refractivity contribution in [3.05, 3.63) is 114 Å². The number of halogens is 4. The van der Waals surface area contributed by atoms with Crippen LogP contribution in [0.2, 0.25) is 0 Å². The van der Waals surface area contributed by atoms with Crippen LogP contribution in [0.1, 0.15) is 21.7 Å². The second-order valence-electron chi connectivity index (χ2n) is 8.86. The molecular formula is C28H18F4N6O. The Morgan fingerprint density at radius 2 is 1.69 bits per heavy atom. The molecule has 0 unspecified atom stereocenters. The smallest absolute Gasteiger partial charge is 0.318 e. The van der Waals surface area contributed by atoms with Crippen LogP contribution in [0.5, 0.6) is 0 Å². The van der Waals surface area contributed by atoms with Crippen LogP contribution in [0.25, 0.3) is 27.7 Å². The van der Waals surface area contributed by atoms with Gasteiger partial charge in [0, 0.05) is 23.4 Å². The highest BCUT2D eigenvalue weighted by molar-refractivity contribution is 6.03. The van der Waals surface area contributed by atoms with Crippen LogP contribution in [0, 0.1) is 5.82 Å². The molecule has 0 aliphatic carbocycles. The molecule has 0 atom stereocenters. The van der Waals surface area contributed by atoms with Gasteiger partial charge >= 0.3 is 6.18 Å². The monoisotopic (exact) mass is 530 g/mol. The lowest BCUT2D eigenvalue weighted by Crippen LogP contribution is -2.15. The quantitative estimate of drug-likeness (QED) is 0.269. The third-order valence-electron chi connectivity index (χ3n) is 6.18. The first kappa shape index (κ1) is 24.3. The van der Waals surface area contributed by atoms with Gasteiger partial charge in [-0.05, 0) is 29.0 Å². The van der Waals surface area contributed by atoms with E-state index in [-0.39, 0.29) is 35.1 Å². The Kier molecular flexibility index (Phi) is 5.82. The van der Waals surface area contributed by atoms with Crippen molar-refractivity contribution in [3.63, 3.8) is 0 Å². The Morgan fingerprint density at radius 1 is 0.923 bits per heavy atom. The Balaban J connectivity index is 1.31. The number of benzene rings is 3. The molecule has 0 aliphatic heterocycles. The van der Waals surface area contributed by atoms with Crippen molar-refractivity contribution in [2.75, 3.05) is 5.32 Å². The number of hydrogen-bond donors (Lipinski definition) is 1. The third kappa shape index (κ3) is 4.81. The van der Waals surface area contributed by atoms with E-state index >= 15 is 0 Å². The lowest BCUT2D eigenvalue weighted by molar-refractivity contribution is -0.142. The summed E-state index contributed by atoms with van der Waals surface area (Å²) in [5.74, 6) is -1.13. The summed E-state index contributed by atoms with van der Waals surface area (Å²) in [5, 5.41) is 12.4. The summed E-state index contributed by atoms with van der Waals surface area (Å²) in [6.07, 6.45) is -1.91. The normalized spacial score (nSPS) is 11.8. The molecule has 0 radical (unpaired) electrons. The van der Waals surface area contributed by atoms with E-state index in [2.05, 4.69) is 20.5 Å². The molecule has 39 heavy (non-hydrogen) atoms. The van der Waals surface area contributed by atoms with Gasteiger partial charge in [0.15, 0.2) is 17.0 Å². The van der Waals surface area contributed by atoms with Gasteiger partial charge in [-0.2, -0.15) is 23.4 Å². The van der Waals surface area contributed by atoms with Crippen LogP contribution >= 0.6 is 0 Å². The van der Waals surface area contributed by atoms with Gasteiger partial charge in [-0.1, -0.05) is 54.6 Å². The molecule has 0 saturated heterocycles. The van der Waals surface area contributed by atoms with Gasteiger partial charge < -0.3 is 5.32 Å². The van der Waals surface area contributed by atoms with Gasteiger partial charge in [-0.3, -0.25) is 9.48 Å². The zero-order chi connectivity index (χ0) is 27.1. The molecule has 1 amide bonds. The SMILES string of the molecule is O=C(Nc1cnn(Cc2ccccc2F)c1)c1cc2nc(-c3ccc4ccccc4c3)cc(C(F)(F)F)n2n1. The Labute approximate surface area is 218 Å². The van der Waals surface area contributed by atoms with Crippen LogP contribution in [0.15, 0.2) is 91.3 Å². The number of carbonyl (C=O) groups excluding carboxylic acids is 1. The molecule has 0 aliphatic rings. The van der Waals surface area contributed by atoms with E-state index in [0.29, 0.717) is 15.6 Å². The van der Waals surface area contributed by atoms with E-state index in [1.165, 1.54) is 29.2 Å². The summed E-state index contributed by atoms with van der Waals surface area (Å²) in [4.78, 5) is 17.2. The molecule has 0 fully saturated rings. The lowest BCUT2D eigenvalue weighted by atomic mass is 10.0. The molecule has 3 aromatic carbocycles. The molecule has 7 nitrogen and oxygen atoms in total. The van der Waals surface area contributed by atoms with Crippen molar-refractivity contribution >= 4 is 28.0 Å². The van der Waals surface area contributed by atoms with E-state index in [0.717, 1.165) is 16.8 Å². The average Bonchev–Trinajstić information content (AvgIpc) is 3.55. The maximum atomic E-state index is 14.0. The Hall–Kier alpha value is -5.06. The van der Waals surface area contributed by atoms with Gasteiger partial charge in [0.05, 0.1) is 24.1 Å². The van der Waals surface area contributed by atoms with Gasteiger partial charge in [0.2, 0.25) is 0 Å². The summed E-state index contributed by atoms with van der Waals surface area (Å²) in [7, 11) is 0. The number of nitrogens with one attached hydrogen (secondary N) is 1. The molecule has 0 spiro atoms. The molecular weight excluding hydrogens is 512 g/mol. The fraction of sp³-hybridized carbons (Fsp3) is 0.0714. The number of aromatic nitrogens is 5. The summed E-state index contributed by atoms with van der Waals surface area (Å²) < 4.78 is 58.0. The zero-order valence-corrected chi connectivity index (χ0v) is 20.0. The minimum absolute atomic E-state index is 0.0989. The van der Waals surface area contributed by atoms with Gasteiger partial charge in [-0.25, -0.2) is 13.9 Å². The van der Waals surface area contributed by atoms with Gasteiger partial charge in [0.1, 0.15) is 5.82 Å². The van der Waals surface area contributed by atoms with Crippen molar-refractivity contribution in [2.24, 2.45) is 0 Å². The number of nitrogens with zero attached hydrogens (tertiary/aromatic N) is 5. The minimum atomic E-state index is -4.75. The standard InChI is InChI=1S/C28H18F4N6O/c29-22-8-4-3-7-20(22)15-37-16-21(14-33-37)34-27(39)24-13-26-35-23(12-25(28(30,31)32)38(26)36-24)19-10-9-17-5-1-2-6-18(17)11-19/h1-14,16H,15H2,(H,34,39). The van der Waals surface area contributed by atoms with Crippen molar-refractivity contribution in [3.8, 4) is 11.3 Å². The van der Waals surface area contributed by atoms with E-state index < -0.39 is 17.8 Å². The molecule has 6 aromatic rings. The second kappa shape index (κ2) is 9.35. The summed E-state index contributed by atoms with van der Waals surface area (Å²) in [5.41, 5.74) is -0.176. The average molecular weight is 530 g/mol. The van der Waals surface area contributed by atoms with Crippen molar-refractivity contribution in [1.29, 1.82) is 0 Å². The number of hydrogen-bond acceptors (Lipinski definition) is 4. The number of amides is 1. The molecule has 3 aromatic heterocycles. The van der Waals surface area contributed by atoms with E-state index in [4.69, 9.17) is 0 Å². The van der Waals surface area contributed by atoms with E-state index in [1.54, 1.807) is 30.3 Å². The molecule has 6 rings (SSSR count). The summed E-state index contributed by atoms with van der Waals surface area (Å²) in [6.45, 7) is 0.132. The number of fused-ring (bicyclic) bond motifs is 2. The first-order chi connectivity index (χ1) is 18.7. The molecule has 1 N–H and O–H groups in total. The predicted molar refractivity (Wildman–Crippen MR) is 137 cm³/mol. The second-order valence-corrected chi connectivity index (χ2v) is 8.86. The molecule has 0 bridgehead atoms. The first-order valence-corrected chi connectivity index (χ1v) is 11.8. The van der Waals surface area contributed by atoms with Crippen LogP contribution in [-0.2, 0) is 12.7 Å². The van der Waals surface area contributed by atoms with Crippen molar-refractivity contribution < 1.29 is 22.4 Å². The Morgan fingerprint density at radius 3 is 2.49 bits per heavy atom. The topological polar surface area (TPSA) is 77.1 Å². The Bertz CT molecular complexity index is 1860. The lowest BCUT2D eigenvalue weighted by Gasteiger charge is -2.11. The van der Waals surface area contributed by atoms with Crippen LogP contribution < -0.4 is 5.32 Å². The highest BCUT2D eigenvalue weighted by atomic mass is 19.4. The first-order valence-electron chi connectivity index (χ1n) is 11.8. The maximum absolute atomic E-state index is 14.0. The molecule has 0 saturated carbocycles. The zero-order valence-electron chi connectivity index (χ0n) is 20.0. The predicted octanol–water partition coefficient (Wildman–Crippen LogP) is 6.20. The molecule has 11 heteroatoms. The van der Waals surface area contributed by atoms with Crippen molar-refractivity contribution in [2.45, 2.75) is 12.7 Å². The van der Waals surface area contributed by atoms with Crippen LogP contribution in [0.3, 0.4) is 0 Å². The number of anilines is 1. The van der Waals surface area contributed by atoms with E-state index in [1.807, 2.05) is 30.3 Å². The third-order valence-corrected chi connectivity index (χ3v) is 6.18. The van der Waals surface area contributed by atoms with Gasteiger partial charge in [0.25, 0.3) is 5.91 Å². The molecule has 3 heterocycles.